The number of para-hydroxylation sites is 2. The van der Waals surface area contributed by atoms with Crippen molar-refractivity contribution < 1.29 is 4.79 Å². The van der Waals surface area contributed by atoms with Crippen LogP contribution in [0.25, 0.3) is 11.0 Å². The first-order chi connectivity index (χ1) is 12.2. The highest BCUT2D eigenvalue weighted by Gasteiger charge is 2.29. The molecule has 2 aromatic carbocycles. The van der Waals surface area contributed by atoms with Gasteiger partial charge >= 0.3 is 0 Å². The van der Waals surface area contributed by atoms with E-state index in [4.69, 9.17) is 5.26 Å². The monoisotopic (exact) mass is 329 g/mol. The largest absolute Gasteiger partial charge is 0.355 e. The summed E-state index contributed by atoms with van der Waals surface area (Å²) in [7, 11) is 1.94. The molecule has 0 N–H and O–H groups in total. The van der Waals surface area contributed by atoms with Crippen LogP contribution in [0.15, 0.2) is 48.5 Å². The predicted octanol–water partition coefficient (Wildman–Crippen LogP) is 2.60. The molecule has 3 aromatic rings. The molecule has 0 bridgehead atoms. The number of hydrogen-bond acceptors (Lipinski definition) is 5. The molecule has 1 aliphatic rings. The molecule has 2 heterocycles. The predicted molar refractivity (Wildman–Crippen MR) is 95.6 cm³/mol. The standard InChI is InChI=1S/C19H15N5O/c1-23-9-10-24(19(25)14-6-4-5-13(11-14)12-20)18-17(23)21-15-7-2-3-8-16(15)22-18/h2-8,11H,9-10H2,1H3. The van der Waals surface area contributed by atoms with Gasteiger partial charge in [0, 0.05) is 25.7 Å². The number of nitrogens with zero attached hydrogens (tertiary/aromatic N) is 5. The van der Waals surface area contributed by atoms with Crippen molar-refractivity contribution in [3.63, 3.8) is 0 Å². The Morgan fingerprint density at radius 3 is 2.48 bits per heavy atom. The van der Waals surface area contributed by atoms with Gasteiger partial charge in [0.05, 0.1) is 22.7 Å². The zero-order valence-electron chi connectivity index (χ0n) is 13.7. The second-order valence-corrected chi connectivity index (χ2v) is 5.93. The summed E-state index contributed by atoms with van der Waals surface area (Å²) in [6.07, 6.45) is 0. The number of benzene rings is 2. The molecule has 122 valence electrons. The van der Waals surface area contributed by atoms with E-state index in [0.29, 0.717) is 35.9 Å². The molecule has 1 aliphatic heterocycles. The maximum absolute atomic E-state index is 13.0. The van der Waals surface area contributed by atoms with Crippen LogP contribution >= 0.6 is 0 Å². The van der Waals surface area contributed by atoms with E-state index in [0.717, 1.165) is 11.0 Å². The Morgan fingerprint density at radius 1 is 1.04 bits per heavy atom. The van der Waals surface area contributed by atoms with Crippen LogP contribution in [0.1, 0.15) is 15.9 Å². The highest BCUT2D eigenvalue weighted by Crippen LogP contribution is 2.31. The fourth-order valence-corrected chi connectivity index (χ4v) is 2.96. The van der Waals surface area contributed by atoms with Gasteiger partial charge in [0.15, 0.2) is 11.6 Å². The number of likely N-dealkylation sites (N-methyl/N-ethyl adjacent to an activating group) is 1. The molecular formula is C19H15N5O. The van der Waals surface area contributed by atoms with Gasteiger partial charge in [-0.2, -0.15) is 5.26 Å². The second kappa shape index (κ2) is 5.87. The van der Waals surface area contributed by atoms with Gasteiger partial charge in [-0.25, -0.2) is 9.97 Å². The molecule has 1 amide bonds. The van der Waals surface area contributed by atoms with Gasteiger partial charge in [-0.3, -0.25) is 9.69 Å². The summed E-state index contributed by atoms with van der Waals surface area (Å²) in [5, 5.41) is 9.06. The highest BCUT2D eigenvalue weighted by atomic mass is 16.2. The van der Waals surface area contributed by atoms with E-state index >= 15 is 0 Å². The number of nitriles is 1. The lowest BCUT2D eigenvalue weighted by Crippen LogP contribution is -2.43. The van der Waals surface area contributed by atoms with Crippen LogP contribution in [0.3, 0.4) is 0 Å². The highest BCUT2D eigenvalue weighted by molar-refractivity contribution is 6.08. The molecule has 0 saturated carbocycles. The fourth-order valence-electron chi connectivity index (χ4n) is 2.96. The third kappa shape index (κ3) is 2.56. The minimum atomic E-state index is -0.170. The van der Waals surface area contributed by atoms with Crippen molar-refractivity contribution in [1.82, 2.24) is 9.97 Å². The van der Waals surface area contributed by atoms with E-state index in [9.17, 15) is 4.79 Å². The summed E-state index contributed by atoms with van der Waals surface area (Å²) in [5.74, 6) is 1.07. The number of carbonyl (C=O) groups is 1. The Labute approximate surface area is 145 Å². The number of rotatable bonds is 1. The lowest BCUT2D eigenvalue weighted by molar-refractivity contribution is 0.0986. The van der Waals surface area contributed by atoms with Gasteiger partial charge in [-0.1, -0.05) is 18.2 Å². The van der Waals surface area contributed by atoms with Gasteiger partial charge < -0.3 is 4.90 Å². The topological polar surface area (TPSA) is 73.1 Å². The molecule has 0 unspecified atom stereocenters. The summed E-state index contributed by atoms with van der Waals surface area (Å²) in [6.45, 7) is 1.19. The minimum absolute atomic E-state index is 0.170. The minimum Gasteiger partial charge on any atom is -0.355 e. The third-order valence-electron chi connectivity index (χ3n) is 4.29. The van der Waals surface area contributed by atoms with Crippen molar-refractivity contribution in [2.75, 3.05) is 29.9 Å². The van der Waals surface area contributed by atoms with Crippen LogP contribution in [0.2, 0.25) is 0 Å². The number of hydrogen-bond donors (Lipinski definition) is 0. The van der Waals surface area contributed by atoms with Crippen molar-refractivity contribution in [2.24, 2.45) is 0 Å². The Kier molecular flexibility index (Phi) is 3.55. The lowest BCUT2D eigenvalue weighted by Gasteiger charge is -2.33. The number of fused-ring (bicyclic) bond motifs is 2. The average Bonchev–Trinajstić information content (AvgIpc) is 2.67. The van der Waals surface area contributed by atoms with Gasteiger partial charge in [-0.05, 0) is 30.3 Å². The summed E-state index contributed by atoms with van der Waals surface area (Å²) in [4.78, 5) is 26.0. The maximum Gasteiger partial charge on any atom is 0.259 e. The van der Waals surface area contributed by atoms with Crippen LogP contribution in [0.4, 0.5) is 11.6 Å². The van der Waals surface area contributed by atoms with E-state index in [1.807, 2.05) is 36.2 Å². The third-order valence-corrected chi connectivity index (χ3v) is 4.29. The molecule has 0 radical (unpaired) electrons. The van der Waals surface area contributed by atoms with E-state index < -0.39 is 0 Å². The maximum atomic E-state index is 13.0. The quantitative estimate of drug-likeness (QED) is 0.686. The zero-order chi connectivity index (χ0) is 17.4. The smallest absolute Gasteiger partial charge is 0.259 e. The normalized spacial score (nSPS) is 13.4. The summed E-state index contributed by atoms with van der Waals surface area (Å²) >= 11 is 0. The van der Waals surface area contributed by atoms with E-state index in [-0.39, 0.29) is 5.91 Å². The molecular weight excluding hydrogens is 314 g/mol. The summed E-state index contributed by atoms with van der Waals surface area (Å²) in [6, 6.07) is 16.4. The number of amides is 1. The molecule has 1 aromatic heterocycles. The van der Waals surface area contributed by atoms with Crippen LogP contribution < -0.4 is 9.80 Å². The molecule has 4 rings (SSSR count). The summed E-state index contributed by atoms with van der Waals surface area (Å²) < 4.78 is 0. The Morgan fingerprint density at radius 2 is 1.76 bits per heavy atom. The zero-order valence-corrected chi connectivity index (χ0v) is 13.7. The molecule has 0 spiro atoms. The molecule has 0 fully saturated rings. The van der Waals surface area contributed by atoms with Crippen molar-refractivity contribution in [3.05, 3.63) is 59.7 Å². The van der Waals surface area contributed by atoms with Crippen molar-refractivity contribution in [1.29, 1.82) is 5.26 Å². The molecule has 0 atom stereocenters. The van der Waals surface area contributed by atoms with Crippen molar-refractivity contribution >= 4 is 28.6 Å². The average molecular weight is 329 g/mol. The van der Waals surface area contributed by atoms with Crippen molar-refractivity contribution in [2.45, 2.75) is 0 Å². The summed E-state index contributed by atoms with van der Waals surface area (Å²) in [5.41, 5.74) is 2.49. The molecule has 25 heavy (non-hydrogen) atoms. The SMILES string of the molecule is CN1CCN(C(=O)c2cccc(C#N)c2)c2nc3ccccc3nc21. The van der Waals surface area contributed by atoms with Crippen LogP contribution in [-0.2, 0) is 0 Å². The first kappa shape index (κ1) is 15.1. The Balaban J connectivity index is 1.82. The van der Waals surface area contributed by atoms with Gasteiger partial charge in [0.1, 0.15) is 0 Å². The van der Waals surface area contributed by atoms with Crippen LogP contribution in [0, 0.1) is 11.3 Å². The lowest BCUT2D eigenvalue weighted by atomic mass is 10.1. The van der Waals surface area contributed by atoms with E-state index in [1.54, 1.807) is 29.2 Å². The van der Waals surface area contributed by atoms with Gasteiger partial charge in [-0.15, -0.1) is 0 Å². The Hall–Kier alpha value is -3.46. The number of aromatic nitrogens is 2. The van der Waals surface area contributed by atoms with Crippen molar-refractivity contribution in [3.8, 4) is 6.07 Å². The first-order valence-electron chi connectivity index (χ1n) is 7.97. The van der Waals surface area contributed by atoms with Gasteiger partial charge in [0.2, 0.25) is 0 Å². The number of anilines is 2. The second-order valence-electron chi connectivity index (χ2n) is 5.93. The first-order valence-corrected chi connectivity index (χ1v) is 7.97. The molecule has 0 saturated heterocycles. The van der Waals surface area contributed by atoms with E-state index in [1.165, 1.54) is 0 Å². The molecule has 6 nitrogen and oxygen atoms in total. The van der Waals surface area contributed by atoms with Gasteiger partial charge in [0.25, 0.3) is 5.91 Å². The Bertz CT molecular complexity index is 1020. The molecule has 6 heteroatoms. The van der Waals surface area contributed by atoms with E-state index in [2.05, 4.69) is 16.0 Å². The van der Waals surface area contributed by atoms with Crippen LogP contribution in [-0.4, -0.2) is 36.0 Å². The number of carbonyl (C=O) groups excluding carboxylic acids is 1. The molecule has 0 aliphatic carbocycles. The fraction of sp³-hybridized carbons (Fsp3) is 0.158. The van der Waals surface area contributed by atoms with Crippen LogP contribution in [0.5, 0.6) is 0 Å².